The highest BCUT2D eigenvalue weighted by atomic mass is 16.4. The fraction of sp³-hybridized carbons (Fsp3) is 0.200. The summed E-state index contributed by atoms with van der Waals surface area (Å²) in [6, 6.07) is 3.39. The Hall–Kier alpha value is -3.36. The zero-order valence-corrected chi connectivity index (χ0v) is 12.6. The van der Waals surface area contributed by atoms with Crippen molar-refractivity contribution >= 4 is 23.0 Å². The van der Waals surface area contributed by atoms with Crippen molar-refractivity contribution < 1.29 is 23.5 Å². The zero-order valence-electron chi connectivity index (χ0n) is 12.6. The molecule has 9 nitrogen and oxygen atoms in total. The largest absolute Gasteiger partial charge is 0.478 e. The third kappa shape index (κ3) is 2.78. The second-order valence-corrected chi connectivity index (χ2v) is 5.05. The molecule has 1 amide bonds. The molecular weight excluding hydrogens is 318 g/mol. The highest BCUT2D eigenvalue weighted by Crippen LogP contribution is 2.20. The van der Waals surface area contributed by atoms with Crippen LogP contribution >= 0.6 is 0 Å². The molecule has 9 heteroatoms. The number of aryl methyl sites for hydroxylation is 1. The number of carbonyl (C=O) groups is 2. The van der Waals surface area contributed by atoms with Crippen molar-refractivity contribution in [1.29, 1.82) is 0 Å². The number of amides is 1. The molecule has 0 fully saturated rings. The summed E-state index contributed by atoms with van der Waals surface area (Å²) in [7, 11) is 0. The van der Waals surface area contributed by atoms with Crippen molar-refractivity contribution in [3.05, 3.63) is 52.2 Å². The molecule has 24 heavy (non-hydrogen) atoms. The van der Waals surface area contributed by atoms with Crippen LogP contribution in [0.2, 0.25) is 0 Å². The van der Waals surface area contributed by atoms with Gasteiger partial charge in [0.05, 0.1) is 12.8 Å². The molecule has 3 aromatic heterocycles. The maximum atomic E-state index is 12.4. The number of aromatic carboxylic acids is 1. The van der Waals surface area contributed by atoms with E-state index in [1.807, 2.05) is 0 Å². The van der Waals surface area contributed by atoms with Crippen molar-refractivity contribution in [2.75, 3.05) is 0 Å². The first-order valence-corrected chi connectivity index (χ1v) is 6.98. The third-order valence-electron chi connectivity index (χ3n) is 3.42. The van der Waals surface area contributed by atoms with Gasteiger partial charge in [-0.2, -0.15) is 0 Å². The number of hydrogen-bond acceptors (Lipinski definition) is 6. The molecule has 2 N–H and O–H groups in total. The van der Waals surface area contributed by atoms with Crippen LogP contribution < -0.4 is 10.9 Å². The SMILES string of the molecule is Cc1oc2ncn(CC(=O)NCc3ccco3)c(=O)c2c1C(=O)O. The van der Waals surface area contributed by atoms with E-state index >= 15 is 0 Å². The number of carboxylic acids is 1. The monoisotopic (exact) mass is 331 g/mol. The minimum absolute atomic E-state index is 0.0675. The van der Waals surface area contributed by atoms with Gasteiger partial charge in [0.2, 0.25) is 11.6 Å². The molecule has 0 saturated heterocycles. The van der Waals surface area contributed by atoms with Crippen LogP contribution in [0.4, 0.5) is 0 Å². The summed E-state index contributed by atoms with van der Waals surface area (Å²) in [5, 5.41) is 11.7. The molecule has 0 atom stereocenters. The highest BCUT2D eigenvalue weighted by Gasteiger charge is 2.22. The number of aromatic nitrogens is 2. The molecule has 3 aromatic rings. The number of furan rings is 2. The Labute approximate surface area is 134 Å². The predicted molar refractivity (Wildman–Crippen MR) is 80.5 cm³/mol. The van der Waals surface area contributed by atoms with Crippen LogP contribution in [0, 0.1) is 6.92 Å². The quantitative estimate of drug-likeness (QED) is 0.711. The zero-order chi connectivity index (χ0) is 17.3. The molecule has 0 spiro atoms. The lowest BCUT2D eigenvalue weighted by molar-refractivity contribution is -0.122. The molecule has 124 valence electrons. The summed E-state index contributed by atoms with van der Waals surface area (Å²) in [4.78, 5) is 39.6. The van der Waals surface area contributed by atoms with Crippen molar-refractivity contribution in [3.63, 3.8) is 0 Å². The second-order valence-electron chi connectivity index (χ2n) is 5.05. The van der Waals surface area contributed by atoms with Gasteiger partial charge in [-0.05, 0) is 19.1 Å². The van der Waals surface area contributed by atoms with E-state index in [9.17, 15) is 19.5 Å². The number of nitrogens with one attached hydrogen (secondary N) is 1. The van der Waals surface area contributed by atoms with E-state index in [-0.39, 0.29) is 35.5 Å². The van der Waals surface area contributed by atoms with Gasteiger partial charge in [0.15, 0.2) is 0 Å². The first kappa shape index (κ1) is 15.5. The molecule has 0 aliphatic heterocycles. The minimum atomic E-state index is -1.29. The van der Waals surface area contributed by atoms with E-state index in [2.05, 4.69) is 10.3 Å². The molecule has 0 saturated carbocycles. The lowest BCUT2D eigenvalue weighted by Gasteiger charge is -2.06. The van der Waals surface area contributed by atoms with Crippen LogP contribution in [0.1, 0.15) is 21.9 Å². The number of carboxylic acid groups (broad SMARTS) is 1. The van der Waals surface area contributed by atoms with Gasteiger partial charge in [0, 0.05) is 0 Å². The predicted octanol–water partition coefficient (Wildman–Crippen LogP) is 0.906. The molecule has 0 aromatic carbocycles. The van der Waals surface area contributed by atoms with Gasteiger partial charge in [-0.15, -0.1) is 0 Å². The van der Waals surface area contributed by atoms with E-state index in [1.165, 1.54) is 13.2 Å². The van der Waals surface area contributed by atoms with E-state index < -0.39 is 17.4 Å². The summed E-state index contributed by atoms with van der Waals surface area (Å²) in [5.74, 6) is -1.07. The van der Waals surface area contributed by atoms with Crippen LogP contribution in [0.3, 0.4) is 0 Å². The topological polar surface area (TPSA) is 128 Å². The molecule has 0 bridgehead atoms. The van der Waals surface area contributed by atoms with E-state index in [1.54, 1.807) is 12.1 Å². The minimum Gasteiger partial charge on any atom is -0.478 e. The molecule has 0 aliphatic carbocycles. The first-order chi connectivity index (χ1) is 11.5. The van der Waals surface area contributed by atoms with Crippen LogP contribution in [-0.2, 0) is 17.9 Å². The fourth-order valence-corrected chi connectivity index (χ4v) is 2.32. The Morgan fingerprint density at radius 3 is 2.88 bits per heavy atom. The summed E-state index contributed by atoms with van der Waals surface area (Å²) in [5.41, 5.74) is -0.961. The highest BCUT2D eigenvalue weighted by molar-refractivity contribution is 6.02. The third-order valence-corrected chi connectivity index (χ3v) is 3.42. The number of carbonyl (C=O) groups excluding carboxylic acids is 1. The van der Waals surface area contributed by atoms with Gasteiger partial charge >= 0.3 is 5.97 Å². The number of fused-ring (bicyclic) bond motifs is 1. The maximum absolute atomic E-state index is 12.4. The second kappa shape index (κ2) is 6.03. The smallest absolute Gasteiger partial charge is 0.340 e. The lowest BCUT2D eigenvalue weighted by Crippen LogP contribution is -2.32. The Bertz CT molecular complexity index is 967. The molecular formula is C15H13N3O6. The van der Waals surface area contributed by atoms with Crippen molar-refractivity contribution in [1.82, 2.24) is 14.9 Å². The molecule has 0 radical (unpaired) electrons. The molecule has 3 rings (SSSR count). The van der Waals surface area contributed by atoms with Crippen LogP contribution in [0.5, 0.6) is 0 Å². The van der Waals surface area contributed by atoms with Crippen LogP contribution in [0.15, 0.2) is 38.4 Å². The summed E-state index contributed by atoms with van der Waals surface area (Å²) in [6.45, 7) is 1.32. The first-order valence-electron chi connectivity index (χ1n) is 6.98. The van der Waals surface area contributed by atoms with E-state index in [4.69, 9.17) is 8.83 Å². The summed E-state index contributed by atoms with van der Waals surface area (Å²) < 4.78 is 11.3. The average molecular weight is 331 g/mol. The van der Waals surface area contributed by atoms with Crippen molar-refractivity contribution in [2.45, 2.75) is 20.0 Å². The van der Waals surface area contributed by atoms with Gasteiger partial charge in [0.1, 0.15) is 35.3 Å². The van der Waals surface area contributed by atoms with Gasteiger partial charge in [-0.1, -0.05) is 0 Å². The molecule has 0 unspecified atom stereocenters. The normalized spacial score (nSPS) is 10.9. The number of rotatable bonds is 5. The summed E-state index contributed by atoms with van der Waals surface area (Å²) >= 11 is 0. The van der Waals surface area contributed by atoms with Crippen LogP contribution in [0.25, 0.3) is 11.1 Å². The Morgan fingerprint density at radius 1 is 1.42 bits per heavy atom. The van der Waals surface area contributed by atoms with E-state index in [0.29, 0.717) is 5.76 Å². The summed E-state index contributed by atoms with van der Waals surface area (Å²) in [6.07, 6.45) is 2.63. The van der Waals surface area contributed by atoms with Gasteiger partial charge in [0.25, 0.3) is 5.56 Å². The van der Waals surface area contributed by atoms with Gasteiger partial charge in [-0.3, -0.25) is 14.2 Å². The van der Waals surface area contributed by atoms with Gasteiger partial charge < -0.3 is 19.3 Å². The fourth-order valence-electron chi connectivity index (χ4n) is 2.32. The van der Waals surface area contributed by atoms with Crippen molar-refractivity contribution in [3.8, 4) is 0 Å². The Kier molecular flexibility index (Phi) is 3.90. The number of nitrogens with zero attached hydrogens (tertiary/aromatic N) is 2. The average Bonchev–Trinajstić information content (AvgIpc) is 3.15. The molecule has 0 aliphatic rings. The van der Waals surface area contributed by atoms with E-state index in [0.717, 1.165) is 10.9 Å². The standard InChI is InChI=1S/C15H13N3O6/c1-8-11(15(21)22)12-13(24-8)17-7-18(14(12)20)6-10(19)16-5-9-3-2-4-23-9/h2-4,7H,5-6H2,1H3,(H,16,19)(H,21,22). The maximum Gasteiger partial charge on any atom is 0.340 e. The van der Waals surface area contributed by atoms with Gasteiger partial charge in [-0.25, -0.2) is 9.78 Å². The lowest BCUT2D eigenvalue weighted by atomic mass is 10.2. The van der Waals surface area contributed by atoms with Crippen molar-refractivity contribution in [2.24, 2.45) is 0 Å². The Balaban J connectivity index is 1.86. The number of hydrogen-bond donors (Lipinski definition) is 2. The van der Waals surface area contributed by atoms with Crippen LogP contribution in [-0.4, -0.2) is 26.5 Å². The molecule has 3 heterocycles. The Morgan fingerprint density at radius 2 is 2.21 bits per heavy atom.